The van der Waals surface area contributed by atoms with Gasteiger partial charge in [0.1, 0.15) is 18.2 Å². The molecule has 0 radical (unpaired) electrons. The Morgan fingerprint density at radius 1 is 0.811 bits per heavy atom. The van der Waals surface area contributed by atoms with Crippen molar-refractivity contribution in [2.24, 2.45) is 5.41 Å². The van der Waals surface area contributed by atoms with Crippen molar-refractivity contribution in [2.45, 2.75) is 85.2 Å². The second-order valence-corrected chi connectivity index (χ2v) is 11.4. The van der Waals surface area contributed by atoms with E-state index in [2.05, 4.69) is 0 Å². The van der Waals surface area contributed by atoms with Crippen molar-refractivity contribution >= 4 is 18.0 Å². The van der Waals surface area contributed by atoms with Crippen molar-refractivity contribution in [3.05, 3.63) is 71.8 Å². The molecule has 202 valence electrons. The topological polar surface area (TPSA) is 82.1 Å². The molecule has 0 saturated heterocycles. The average Bonchev–Trinajstić information content (AvgIpc) is 2.82. The molecule has 0 aliphatic heterocycles. The number of amides is 1. The molecule has 1 amide bonds. The van der Waals surface area contributed by atoms with Crippen LogP contribution in [0.1, 0.15) is 65.5 Å². The Labute approximate surface area is 221 Å². The van der Waals surface area contributed by atoms with Gasteiger partial charge in [-0.15, -0.1) is 0 Å². The number of esters is 2. The monoisotopic (exact) mass is 511 g/mol. The van der Waals surface area contributed by atoms with E-state index in [-0.39, 0.29) is 18.4 Å². The number of hydrogen-bond acceptors (Lipinski definition) is 6. The molecule has 2 aromatic rings. The molecule has 2 rings (SSSR count). The number of likely N-dealkylation sites (N-methyl/N-ethyl adjacent to an activating group) is 1. The maximum Gasteiger partial charge on any atom is 0.410 e. The molecule has 7 heteroatoms. The van der Waals surface area contributed by atoms with Crippen LogP contribution in [0.4, 0.5) is 4.79 Å². The van der Waals surface area contributed by atoms with E-state index in [0.717, 1.165) is 11.1 Å². The van der Waals surface area contributed by atoms with E-state index in [1.54, 1.807) is 20.8 Å². The van der Waals surface area contributed by atoms with E-state index in [1.165, 1.54) is 11.9 Å². The summed E-state index contributed by atoms with van der Waals surface area (Å²) < 4.78 is 16.8. The first-order chi connectivity index (χ1) is 17.2. The van der Waals surface area contributed by atoms with Gasteiger partial charge in [-0.3, -0.25) is 4.90 Å². The molecule has 0 saturated carbocycles. The molecule has 0 aromatic heterocycles. The fraction of sp³-hybridized carbons (Fsp3) is 0.500. The van der Waals surface area contributed by atoms with Gasteiger partial charge in [0.25, 0.3) is 0 Å². The third-order valence-corrected chi connectivity index (χ3v) is 5.51. The number of hydrogen-bond donors (Lipinski definition) is 0. The number of ether oxygens (including phenoxy) is 3. The third kappa shape index (κ3) is 11.1. The molecular formula is C30H41NO6. The van der Waals surface area contributed by atoms with Gasteiger partial charge in [-0.2, -0.15) is 0 Å². The lowest BCUT2D eigenvalue weighted by molar-refractivity contribution is -0.172. The zero-order valence-electron chi connectivity index (χ0n) is 23.2. The fourth-order valence-corrected chi connectivity index (χ4v) is 3.63. The maximum absolute atomic E-state index is 13.5. The van der Waals surface area contributed by atoms with Crippen LogP contribution in [0.25, 0.3) is 0 Å². The standard InChI is InChI=1S/C30H41NO6/c1-29(2,3)20-24(31(7)28(34)37-30(4,5)6)26(32)36-25(19-18-22-14-10-8-11-15-22)27(33)35-21-23-16-12-9-13-17-23/h8-17,24-25H,18-21H2,1-7H3/t24-,25+/m0/s1. The quantitative estimate of drug-likeness (QED) is 0.290. The lowest BCUT2D eigenvalue weighted by Crippen LogP contribution is -2.48. The highest BCUT2D eigenvalue weighted by molar-refractivity contribution is 5.84. The normalized spacial score (nSPS) is 13.3. The number of nitrogens with zero attached hydrogens (tertiary/aromatic N) is 1. The molecule has 2 aromatic carbocycles. The number of carbonyl (C=O) groups is 3. The van der Waals surface area contributed by atoms with Crippen LogP contribution in [-0.4, -0.2) is 47.7 Å². The molecule has 0 bridgehead atoms. The van der Waals surface area contributed by atoms with Gasteiger partial charge in [-0.05, 0) is 56.6 Å². The number of rotatable bonds is 10. The van der Waals surface area contributed by atoms with E-state index in [1.807, 2.05) is 81.4 Å². The lowest BCUT2D eigenvalue weighted by atomic mass is 9.87. The smallest absolute Gasteiger partial charge is 0.410 e. The average molecular weight is 512 g/mol. The predicted octanol–water partition coefficient (Wildman–Crippen LogP) is 5.95. The lowest BCUT2D eigenvalue weighted by Gasteiger charge is -2.33. The Balaban J connectivity index is 2.21. The molecule has 7 nitrogen and oxygen atoms in total. The summed E-state index contributed by atoms with van der Waals surface area (Å²) in [6.07, 6.45) is -0.657. The van der Waals surface area contributed by atoms with Crippen LogP contribution in [-0.2, 0) is 36.8 Å². The zero-order chi connectivity index (χ0) is 27.6. The van der Waals surface area contributed by atoms with E-state index in [9.17, 15) is 14.4 Å². The van der Waals surface area contributed by atoms with Crippen LogP contribution < -0.4 is 0 Å². The van der Waals surface area contributed by atoms with Gasteiger partial charge in [0, 0.05) is 7.05 Å². The summed E-state index contributed by atoms with van der Waals surface area (Å²) in [5, 5.41) is 0. The molecule has 0 fully saturated rings. The summed E-state index contributed by atoms with van der Waals surface area (Å²) in [5.74, 6) is -1.29. The molecule has 0 heterocycles. The number of carbonyl (C=O) groups excluding carboxylic acids is 3. The fourth-order valence-electron chi connectivity index (χ4n) is 3.63. The second kappa shape index (κ2) is 13.3. The van der Waals surface area contributed by atoms with Gasteiger partial charge in [0.2, 0.25) is 0 Å². The zero-order valence-corrected chi connectivity index (χ0v) is 23.2. The van der Waals surface area contributed by atoms with Crippen LogP contribution in [0.3, 0.4) is 0 Å². The van der Waals surface area contributed by atoms with Gasteiger partial charge in [0.05, 0.1) is 0 Å². The Hall–Kier alpha value is -3.35. The SMILES string of the molecule is CN(C(=O)OC(C)(C)C)[C@@H](CC(C)(C)C)C(=O)O[C@H](CCc1ccccc1)C(=O)OCc1ccccc1. The third-order valence-electron chi connectivity index (χ3n) is 5.51. The Morgan fingerprint density at radius 3 is 1.86 bits per heavy atom. The molecule has 0 aliphatic carbocycles. The van der Waals surface area contributed by atoms with Crippen LogP contribution in [0.15, 0.2) is 60.7 Å². The van der Waals surface area contributed by atoms with Gasteiger partial charge >= 0.3 is 18.0 Å². The molecule has 0 N–H and O–H groups in total. The van der Waals surface area contributed by atoms with Crippen molar-refractivity contribution in [2.75, 3.05) is 7.05 Å². The summed E-state index contributed by atoms with van der Waals surface area (Å²) in [7, 11) is 1.51. The Kier molecular flexibility index (Phi) is 10.7. The highest BCUT2D eigenvalue weighted by Crippen LogP contribution is 2.26. The van der Waals surface area contributed by atoms with Crippen molar-refractivity contribution in [3.63, 3.8) is 0 Å². The summed E-state index contributed by atoms with van der Waals surface area (Å²) in [6.45, 7) is 11.3. The maximum atomic E-state index is 13.5. The second-order valence-electron chi connectivity index (χ2n) is 11.4. The highest BCUT2D eigenvalue weighted by Gasteiger charge is 2.37. The number of aryl methyl sites for hydroxylation is 1. The minimum atomic E-state index is -1.12. The van der Waals surface area contributed by atoms with E-state index in [0.29, 0.717) is 12.8 Å². The largest absolute Gasteiger partial charge is 0.458 e. The Bertz CT molecular complexity index is 1010. The van der Waals surface area contributed by atoms with Crippen molar-refractivity contribution in [3.8, 4) is 0 Å². The van der Waals surface area contributed by atoms with Crippen LogP contribution >= 0.6 is 0 Å². The molecule has 2 atom stereocenters. The van der Waals surface area contributed by atoms with Crippen LogP contribution in [0.5, 0.6) is 0 Å². The Morgan fingerprint density at radius 2 is 1.35 bits per heavy atom. The van der Waals surface area contributed by atoms with E-state index < -0.39 is 35.8 Å². The van der Waals surface area contributed by atoms with Crippen molar-refractivity contribution in [1.82, 2.24) is 4.90 Å². The van der Waals surface area contributed by atoms with E-state index in [4.69, 9.17) is 14.2 Å². The molecular weight excluding hydrogens is 470 g/mol. The molecule has 0 spiro atoms. The summed E-state index contributed by atoms with van der Waals surface area (Å²) in [4.78, 5) is 40.6. The minimum absolute atomic E-state index is 0.0717. The molecule has 37 heavy (non-hydrogen) atoms. The minimum Gasteiger partial charge on any atom is -0.458 e. The van der Waals surface area contributed by atoms with Gasteiger partial charge < -0.3 is 14.2 Å². The van der Waals surface area contributed by atoms with Crippen molar-refractivity contribution in [1.29, 1.82) is 0 Å². The number of benzene rings is 2. The first-order valence-electron chi connectivity index (χ1n) is 12.7. The van der Waals surface area contributed by atoms with Crippen molar-refractivity contribution < 1.29 is 28.6 Å². The molecule has 0 aliphatic rings. The summed E-state index contributed by atoms with van der Waals surface area (Å²) in [5.41, 5.74) is 0.824. The predicted molar refractivity (Wildman–Crippen MR) is 143 cm³/mol. The van der Waals surface area contributed by atoms with Gasteiger partial charge in [0.15, 0.2) is 6.10 Å². The van der Waals surface area contributed by atoms with E-state index >= 15 is 0 Å². The van der Waals surface area contributed by atoms with Gasteiger partial charge in [-0.25, -0.2) is 14.4 Å². The van der Waals surface area contributed by atoms with Crippen LogP contribution in [0.2, 0.25) is 0 Å². The first-order valence-corrected chi connectivity index (χ1v) is 12.7. The summed E-state index contributed by atoms with van der Waals surface area (Å²) in [6, 6.07) is 18.0. The summed E-state index contributed by atoms with van der Waals surface area (Å²) >= 11 is 0. The van der Waals surface area contributed by atoms with Gasteiger partial charge in [-0.1, -0.05) is 81.4 Å². The first kappa shape index (κ1) is 29.9. The van der Waals surface area contributed by atoms with Crippen LogP contribution in [0, 0.1) is 5.41 Å². The molecule has 0 unspecified atom stereocenters. The highest BCUT2D eigenvalue weighted by atomic mass is 16.6.